The number of nitrogens with zero attached hydrogens (tertiary/aromatic N) is 2. The van der Waals surface area contributed by atoms with E-state index in [9.17, 15) is 4.79 Å². The van der Waals surface area contributed by atoms with Crippen LogP contribution in [-0.2, 0) is 0 Å². The Morgan fingerprint density at radius 2 is 2.12 bits per heavy atom. The van der Waals surface area contributed by atoms with Gasteiger partial charge in [-0.15, -0.1) is 12.4 Å². The highest BCUT2D eigenvalue weighted by atomic mass is 35.5. The Hall–Kier alpha value is -1.56. The molecule has 128 valence electrons. The molecule has 3 aromatic rings. The monoisotopic (exact) mass is 367 g/mol. The summed E-state index contributed by atoms with van der Waals surface area (Å²) in [6.07, 6.45) is 3.79. The average molecular weight is 368 g/mol. The summed E-state index contributed by atoms with van der Waals surface area (Å²) in [5, 5.41) is 5.95. The van der Waals surface area contributed by atoms with Crippen LogP contribution in [-0.4, -0.2) is 15.8 Å². The van der Waals surface area contributed by atoms with Crippen molar-refractivity contribution in [2.45, 2.75) is 44.7 Å². The van der Waals surface area contributed by atoms with Gasteiger partial charge in [0.05, 0.1) is 10.5 Å². The second-order valence-corrected chi connectivity index (χ2v) is 6.76. The standard InChI is InChI=1S/C17H18ClN3O2.ClH/c1-9-14-16(20-23-9)15-12(18)6-3-7-13(15)21(17(14)22)11-5-2-4-10(19)8-11;/h3,6-7,10-11H,2,4-5,8,19H2,1H3;1H. The largest absolute Gasteiger partial charge is 0.360 e. The van der Waals surface area contributed by atoms with E-state index in [-0.39, 0.29) is 30.0 Å². The Morgan fingerprint density at radius 1 is 1.33 bits per heavy atom. The van der Waals surface area contributed by atoms with Gasteiger partial charge in [0.1, 0.15) is 16.7 Å². The lowest BCUT2D eigenvalue weighted by Crippen LogP contribution is -2.34. The molecular formula is C17H19Cl2N3O2. The maximum Gasteiger partial charge on any atom is 0.264 e. The van der Waals surface area contributed by atoms with Gasteiger partial charge in [0.25, 0.3) is 5.56 Å². The third-order valence-electron chi connectivity index (χ3n) is 4.84. The van der Waals surface area contributed by atoms with Gasteiger partial charge < -0.3 is 14.8 Å². The number of hydrogen-bond donors (Lipinski definition) is 1. The van der Waals surface area contributed by atoms with E-state index in [1.54, 1.807) is 6.92 Å². The zero-order valence-electron chi connectivity index (χ0n) is 13.3. The van der Waals surface area contributed by atoms with Crippen molar-refractivity contribution in [3.05, 3.63) is 39.3 Å². The summed E-state index contributed by atoms with van der Waals surface area (Å²) in [5.74, 6) is 0.528. The maximum absolute atomic E-state index is 13.1. The molecular weight excluding hydrogens is 349 g/mol. The smallest absolute Gasteiger partial charge is 0.264 e. The first-order chi connectivity index (χ1) is 11.1. The number of nitrogens with two attached hydrogens (primary N) is 1. The van der Waals surface area contributed by atoms with Gasteiger partial charge in [-0.3, -0.25) is 4.79 Å². The van der Waals surface area contributed by atoms with Gasteiger partial charge in [-0.05, 0) is 44.7 Å². The first kappa shape index (κ1) is 17.3. The number of benzene rings is 1. The van der Waals surface area contributed by atoms with Crippen molar-refractivity contribution in [2.24, 2.45) is 5.73 Å². The summed E-state index contributed by atoms with van der Waals surface area (Å²) in [5.41, 5.74) is 7.43. The quantitative estimate of drug-likeness (QED) is 0.705. The molecule has 0 bridgehead atoms. The van der Waals surface area contributed by atoms with Crippen LogP contribution in [0.5, 0.6) is 0 Å². The van der Waals surface area contributed by atoms with Crippen LogP contribution >= 0.6 is 24.0 Å². The van der Waals surface area contributed by atoms with E-state index in [2.05, 4.69) is 5.16 Å². The van der Waals surface area contributed by atoms with Crippen LogP contribution in [0.2, 0.25) is 5.02 Å². The van der Waals surface area contributed by atoms with Crippen LogP contribution in [0, 0.1) is 6.92 Å². The first-order valence-corrected chi connectivity index (χ1v) is 8.30. The van der Waals surface area contributed by atoms with Gasteiger partial charge in [0.2, 0.25) is 0 Å². The van der Waals surface area contributed by atoms with E-state index < -0.39 is 0 Å². The fourth-order valence-electron chi connectivity index (χ4n) is 3.77. The van der Waals surface area contributed by atoms with Crippen LogP contribution in [0.3, 0.4) is 0 Å². The lowest BCUT2D eigenvalue weighted by atomic mass is 9.91. The van der Waals surface area contributed by atoms with Crippen molar-refractivity contribution in [2.75, 3.05) is 0 Å². The molecule has 0 saturated heterocycles. The van der Waals surface area contributed by atoms with E-state index in [1.165, 1.54) is 0 Å². The van der Waals surface area contributed by atoms with E-state index >= 15 is 0 Å². The van der Waals surface area contributed by atoms with Gasteiger partial charge in [0.15, 0.2) is 0 Å². The fraction of sp³-hybridized carbons (Fsp3) is 0.412. The lowest BCUT2D eigenvalue weighted by Gasteiger charge is -2.29. The molecule has 2 N–H and O–H groups in total. The SMILES string of the molecule is Cc1onc2c1c(=O)n(C1CCCC(N)C1)c1cccc(Cl)c21.Cl. The van der Waals surface area contributed by atoms with Crippen molar-refractivity contribution in [1.82, 2.24) is 9.72 Å². The highest BCUT2D eigenvalue weighted by Gasteiger charge is 2.26. The molecule has 0 radical (unpaired) electrons. The Labute approximate surface area is 150 Å². The van der Waals surface area contributed by atoms with Crippen molar-refractivity contribution in [3.8, 4) is 0 Å². The summed E-state index contributed by atoms with van der Waals surface area (Å²) >= 11 is 6.42. The number of hydrogen-bond acceptors (Lipinski definition) is 4. The minimum absolute atomic E-state index is 0. The number of aromatic nitrogens is 2. The molecule has 0 aliphatic heterocycles. The third-order valence-corrected chi connectivity index (χ3v) is 5.15. The van der Waals surface area contributed by atoms with Crippen LogP contribution < -0.4 is 11.3 Å². The van der Waals surface area contributed by atoms with Crippen molar-refractivity contribution >= 4 is 45.8 Å². The van der Waals surface area contributed by atoms with Crippen molar-refractivity contribution in [1.29, 1.82) is 0 Å². The summed E-state index contributed by atoms with van der Waals surface area (Å²) in [6.45, 7) is 1.76. The minimum Gasteiger partial charge on any atom is -0.360 e. The molecule has 5 nitrogen and oxygen atoms in total. The molecule has 4 rings (SSSR count). The van der Waals surface area contributed by atoms with Gasteiger partial charge in [-0.25, -0.2) is 0 Å². The van der Waals surface area contributed by atoms with Gasteiger partial charge >= 0.3 is 0 Å². The molecule has 1 aliphatic carbocycles. The van der Waals surface area contributed by atoms with E-state index in [4.69, 9.17) is 21.9 Å². The number of aryl methyl sites for hydroxylation is 1. The molecule has 2 unspecified atom stereocenters. The predicted molar refractivity (Wildman–Crippen MR) is 98.3 cm³/mol. The van der Waals surface area contributed by atoms with E-state index in [0.717, 1.165) is 36.6 Å². The Kier molecular flexibility index (Phi) is 4.60. The van der Waals surface area contributed by atoms with Crippen molar-refractivity contribution < 1.29 is 4.52 Å². The lowest BCUT2D eigenvalue weighted by molar-refractivity contribution is 0.321. The van der Waals surface area contributed by atoms with Gasteiger partial charge in [-0.2, -0.15) is 0 Å². The molecule has 1 aromatic carbocycles. The first-order valence-electron chi connectivity index (χ1n) is 7.92. The normalized spacial score (nSPS) is 21.1. The van der Waals surface area contributed by atoms with Gasteiger partial charge in [0, 0.05) is 17.5 Å². The van der Waals surface area contributed by atoms with Crippen LogP contribution in [0.15, 0.2) is 27.5 Å². The van der Waals surface area contributed by atoms with Crippen LogP contribution in [0.25, 0.3) is 21.8 Å². The molecule has 2 aromatic heterocycles. The molecule has 1 fully saturated rings. The molecule has 0 spiro atoms. The summed E-state index contributed by atoms with van der Waals surface area (Å²) in [6, 6.07) is 5.82. The third kappa shape index (κ3) is 2.51. The number of fused-ring (bicyclic) bond motifs is 3. The molecule has 2 heterocycles. The molecule has 7 heteroatoms. The molecule has 2 atom stereocenters. The molecule has 24 heavy (non-hydrogen) atoms. The Bertz CT molecular complexity index is 964. The number of pyridine rings is 1. The van der Waals surface area contributed by atoms with Crippen LogP contribution in [0.4, 0.5) is 0 Å². The summed E-state index contributed by atoms with van der Waals surface area (Å²) < 4.78 is 7.13. The van der Waals surface area contributed by atoms with Crippen LogP contribution in [0.1, 0.15) is 37.5 Å². The topological polar surface area (TPSA) is 74.0 Å². The molecule has 1 saturated carbocycles. The zero-order valence-corrected chi connectivity index (χ0v) is 14.9. The number of rotatable bonds is 1. The minimum atomic E-state index is -0.0624. The maximum atomic E-state index is 13.1. The Balaban J connectivity index is 0.00000169. The second-order valence-electron chi connectivity index (χ2n) is 6.35. The summed E-state index contributed by atoms with van der Waals surface area (Å²) in [7, 11) is 0. The van der Waals surface area contributed by atoms with E-state index in [0.29, 0.717) is 21.7 Å². The van der Waals surface area contributed by atoms with Gasteiger partial charge in [-0.1, -0.05) is 22.8 Å². The highest BCUT2D eigenvalue weighted by Crippen LogP contribution is 2.34. The second kappa shape index (κ2) is 6.39. The van der Waals surface area contributed by atoms with Crippen molar-refractivity contribution in [3.63, 3.8) is 0 Å². The fourth-order valence-corrected chi connectivity index (χ4v) is 4.03. The zero-order chi connectivity index (χ0) is 16.1. The summed E-state index contributed by atoms with van der Waals surface area (Å²) in [4.78, 5) is 13.1. The molecule has 0 amide bonds. The van der Waals surface area contributed by atoms with E-state index in [1.807, 2.05) is 22.8 Å². The Morgan fingerprint density at radius 3 is 2.88 bits per heavy atom. The highest BCUT2D eigenvalue weighted by molar-refractivity contribution is 6.37. The number of halogens is 2. The predicted octanol–water partition coefficient (Wildman–Crippen LogP) is 3.97. The average Bonchev–Trinajstić information content (AvgIpc) is 2.90. The molecule has 1 aliphatic rings.